The van der Waals surface area contributed by atoms with Crippen molar-refractivity contribution in [2.45, 2.75) is 26.2 Å². The van der Waals surface area contributed by atoms with Gasteiger partial charge < -0.3 is 9.88 Å². The molecule has 0 aliphatic rings. The second-order valence-corrected chi connectivity index (χ2v) is 4.54. The molecule has 0 unspecified atom stereocenters. The molecule has 3 nitrogen and oxygen atoms in total. The van der Waals surface area contributed by atoms with Crippen LogP contribution in [0.5, 0.6) is 0 Å². The highest BCUT2D eigenvalue weighted by Gasteiger charge is 2.30. The summed E-state index contributed by atoms with van der Waals surface area (Å²) >= 11 is 0. The highest BCUT2D eigenvalue weighted by Crippen LogP contribution is 2.29. The first-order chi connectivity index (χ1) is 9.47. The SMILES string of the molecule is Cc1nccn1CCNCc1cccc(C(F)(F)F)c1. The number of rotatable bonds is 5. The molecule has 6 heteroatoms. The number of imidazole rings is 1. The van der Waals surface area contributed by atoms with Gasteiger partial charge in [-0.05, 0) is 18.6 Å². The summed E-state index contributed by atoms with van der Waals surface area (Å²) in [4.78, 5) is 4.10. The van der Waals surface area contributed by atoms with Gasteiger partial charge >= 0.3 is 6.18 Å². The number of hydrogen-bond acceptors (Lipinski definition) is 2. The van der Waals surface area contributed by atoms with Crippen LogP contribution in [-0.2, 0) is 19.3 Å². The first-order valence-electron chi connectivity index (χ1n) is 6.31. The van der Waals surface area contributed by atoms with Crippen LogP contribution < -0.4 is 5.32 Å². The normalized spacial score (nSPS) is 11.8. The Morgan fingerprint density at radius 1 is 1.30 bits per heavy atom. The average molecular weight is 283 g/mol. The summed E-state index contributed by atoms with van der Waals surface area (Å²) in [5.41, 5.74) is 0.0180. The van der Waals surface area contributed by atoms with E-state index < -0.39 is 11.7 Å². The van der Waals surface area contributed by atoms with Crippen LogP contribution >= 0.6 is 0 Å². The number of benzene rings is 1. The summed E-state index contributed by atoms with van der Waals surface area (Å²) in [6, 6.07) is 5.37. The molecule has 0 atom stereocenters. The molecule has 2 aromatic rings. The minimum absolute atomic E-state index is 0.414. The van der Waals surface area contributed by atoms with E-state index in [9.17, 15) is 13.2 Å². The van der Waals surface area contributed by atoms with E-state index in [1.807, 2.05) is 17.7 Å². The Morgan fingerprint density at radius 2 is 2.10 bits per heavy atom. The predicted octanol–water partition coefficient (Wildman–Crippen LogP) is 3.00. The van der Waals surface area contributed by atoms with E-state index in [0.717, 1.165) is 18.4 Å². The molecule has 1 N–H and O–H groups in total. The molecule has 0 radical (unpaired) electrons. The summed E-state index contributed by atoms with van der Waals surface area (Å²) in [6.45, 7) is 3.74. The zero-order valence-corrected chi connectivity index (χ0v) is 11.1. The highest BCUT2D eigenvalue weighted by molar-refractivity contribution is 5.25. The van der Waals surface area contributed by atoms with Crippen molar-refractivity contribution in [3.05, 3.63) is 53.6 Å². The van der Waals surface area contributed by atoms with Crippen molar-refractivity contribution in [2.24, 2.45) is 0 Å². The molecule has 1 aromatic carbocycles. The smallest absolute Gasteiger partial charge is 0.334 e. The Balaban J connectivity index is 1.84. The van der Waals surface area contributed by atoms with Crippen LogP contribution in [0.15, 0.2) is 36.7 Å². The Morgan fingerprint density at radius 3 is 2.75 bits per heavy atom. The van der Waals surface area contributed by atoms with E-state index in [-0.39, 0.29) is 0 Å². The molecule has 0 bridgehead atoms. The van der Waals surface area contributed by atoms with Crippen LogP contribution in [0.3, 0.4) is 0 Å². The van der Waals surface area contributed by atoms with E-state index in [1.54, 1.807) is 12.3 Å². The Labute approximate surface area is 115 Å². The third-order valence-electron chi connectivity index (χ3n) is 3.04. The molecule has 0 saturated heterocycles. The number of aryl methyl sites for hydroxylation is 1. The van der Waals surface area contributed by atoms with Crippen molar-refractivity contribution in [1.29, 1.82) is 0 Å². The lowest BCUT2D eigenvalue weighted by atomic mass is 10.1. The van der Waals surface area contributed by atoms with Crippen LogP contribution in [0.2, 0.25) is 0 Å². The minimum atomic E-state index is -4.29. The van der Waals surface area contributed by atoms with Gasteiger partial charge in [-0.25, -0.2) is 4.98 Å². The number of halogens is 3. The maximum atomic E-state index is 12.6. The minimum Gasteiger partial charge on any atom is -0.334 e. The molecule has 1 heterocycles. The molecule has 20 heavy (non-hydrogen) atoms. The van der Waals surface area contributed by atoms with E-state index in [0.29, 0.717) is 18.7 Å². The van der Waals surface area contributed by atoms with Crippen LogP contribution in [0.25, 0.3) is 0 Å². The molecular weight excluding hydrogens is 267 g/mol. The third kappa shape index (κ3) is 3.84. The molecule has 2 rings (SSSR count). The van der Waals surface area contributed by atoms with Crippen LogP contribution in [0, 0.1) is 6.92 Å². The van der Waals surface area contributed by atoms with Crippen LogP contribution in [0.1, 0.15) is 17.0 Å². The molecule has 0 fully saturated rings. The van der Waals surface area contributed by atoms with Crippen molar-refractivity contribution in [3.63, 3.8) is 0 Å². The summed E-state index contributed by atoms with van der Waals surface area (Å²) in [5, 5.41) is 3.13. The van der Waals surface area contributed by atoms with Crippen molar-refractivity contribution in [3.8, 4) is 0 Å². The summed E-state index contributed by atoms with van der Waals surface area (Å²) < 4.78 is 39.7. The second kappa shape index (κ2) is 6.09. The van der Waals surface area contributed by atoms with Gasteiger partial charge in [0.05, 0.1) is 5.56 Å². The summed E-state index contributed by atoms with van der Waals surface area (Å²) in [6.07, 6.45) is -0.687. The predicted molar refractivity (Wildman–Crippen MR) is 70.1 cm³/mol. The zero-order valence-electron chi connectivity index (χ0n) is 11.1. The van der Waals surface area contributed by atoms with Gasteiger partial charge in [0.1, 0.15) is 5.82 Å². The highest BCUT2D eigenvalue weighted by atomic mass is 19.4. The first kappa shape index (κ1) is 14.6. The number of nitrogens with zero attached hydrogens (tertiary/aromatic N) is 2. The average Bonchev–Trinajstić information content (AvgIpc) is 2.80. The summed E-state index contributed by atoms with van der Waals surface area (Å²) in [5.74, 6) is 0.922. The van der Waals surface area contributed by atoms with E-state index >= 15 is 0 Å². The van der Waals surface area contributed by atoms with Crippen molar-refractivity contribution in [2.75, 3.05) is 6.54 Å². The van der Waals surface area contributed by atoms with Gasteiger partial charge in [-0.3, -0.25) is 0 Å². The lowest BCUT2D eigenvalue weighted by molar-refractivity contribution is -0.137. The van der Waals surface area contributed by atoms with Gasteiger partial charge in [0, 0.05) is 32.0 Å². The number of aromatic nitrogens is 2. The van der Waals surface area contributed by atoms with Crippen molar-refractivity contribution < 1.29 is 13.2 Å². The molecule has 0 spiro atoms. The Hall–Kier alpha value is -1.82. The molecule has 0 amide bonds. The molecule has 1 aromatic heterocycles. The van der Waals surface area contributed by atoms with Gasteiger partial charge in [-0.15, -0.1) is 0 Å². The molecule has 0 aliphatic carbocycles. The van der Waals surface area contributed by atoms with Crippen LogP contribution in [0.4, 0.5) is 13.2 Å². The third-order valence-corrected chi connectivity index (χ3v) is 3.04. The standard InChI is InChI=1S/C14H16F3N3/c1-11-19-6-8-20(11)7-5-18-10-12-3-2-4-13(9-12)14(15,16)17/h2-4,6,8-9,18H,5,7,10H2,1H3. The van der Waals surface area contributed by atoms with Gasteiger partial charge in [-0.2, -0.15) is 13.2 Å². The van der Waals surface area contributed by atoms with Gasteiger partial charge in [0.2, 0.25) is 0 Å². The topological polar surface area (TPSA) is 29.9 Å². The number of alkyl halides is 3. The quantitative estimate of drug-likeness (QED) is 0.855. The second-order valence-electron chi connectivity index (χ2n) is 4.54. The Kier molecular flexibility index (Phi) is 4.44. The van der Waals surface area contributed by atoms with Crippen molar-refractivity contribution in [1.82, 2.24) is 14.9 Å². The fraction of sp³-hybridized carbons (Fsp3) is 0.357. The van der Waals surface area contributed by atoms with Gasteiger partial charge in [0.15, 0.2) is 0 Å². The van der Waals surface area contributed by atoms with Crippen LogP contribution in [-0.4, -0.2) is 16.1 Å². The lowest BCUT2D eigenvalue weighted by Gasteiger charge is -2.10. The van der Waals surface area contributed by atoms with Gasteiger partial charge in [0.25, 0.3) is 0 Å². The lowest BCUT2D eigenvalue weighted by Crippen LogP contribution is -2.20. The largest absolute Gasteiger partial charge is 0.416 e. The Bertz CT molecular complexity index is 561. The zero-order chi connectivity index (χ0) is 14.6. The maximum absolute atomic E-state index is 12.6. The van der Waals surface area contributed by atoms with E-state index in [1.165, 1.54) is 12.1 Å². The molecule has 0 saturated carbocycles. The van der Waals surface area contributed by atoms with Crippen molar-refractivity contribution >= 4 is 0 Å². The number of hydrogen-bond donors (Lipinski definition) is 1. The molecule has 0 aliphatic heterocycles. The van der Waals surface area contributed by atoms with E-state index in [4.69, 9.17) is 0 Å². The van der Waals surface area contributed by atoms with Gasteiger partial charge in [-0.1, -0.05) is 18.2 Å². The maximum Gasteiger partial charge on any atom is 0.416 e. The molecular formula is C14H16F3N3. The fourth-order valence-electron chi connectivity index (χ4n) is 1.93. The van der Waals surface area contributed by atoms with E-state index in [2.05, 4.69) is 10.3 Å². The monoisotopic (exact) mass is 283 g/mol. The first-order valence-corrected chi connectivity index (χ1v) is 6.31. The summed E-state index contributed by atoms with van der Waals surface area (Å²) in [7, 11) is 0. The fourth-order valence-corrected chi connectivity index (χ4v) is 1.93. The molecule has 108 valence electrons. The number of nitrogens with one attached hydrogen (secondary N) is 1.